The van der Waals surface area contributed by atoms with E-state index in [1.165, 1.54) is 50.8 Å². The number of hydrogen-bond acceptors (Lipinski definition) is 0. The van der Waals surface area contributed by atoms with Gasteiger partial charge in [0.15, 0.2) is 0 Å². The van der Waals surface area contributed by atoms with Crippen molar-refractivity contribution in [2.24, 2.45) is 0 Å². The van der Waals surface area contributed by atoms with Crippen LogP contribution in [-0.4, -0.2) is 37.0 Å². The summed E-state index contributed by atoms with van der Waals surface area (Å²) in [4.78, 5) is 0. The zero-order chi connectivity index (χ0) is 14.0. The normalized spacial score (nSPS) is 34.3. The largest absolute Gasteiger partial charge is 0.107 e. The molecule has 2 saturated heterocycles. The van der Waals surface area contributed by atoms with E-state index in [-0.39, 0.29) is 0 Å². The van der Waals surface area contributed by atoms with Gasteiger partial charge in [0.25, 0.3) is 0 Å². The van der Waals surface area contributed by atoms with Crippen molar-refractivity contribution >= 4 is 15.8 Å². The second-order valence-electron chi connectivity index (χ2n) is 5.94. The fourth-order valence-electron chi connectivity index (χ4n) is 2.15. The Kier molecular flexibility index (Phi) is 12.2. The van der Waals surface area contributed by atoms with E-state index in [1.807, 2.05) is 0 Å². The molecule has 0 saturated carbocycles. The molecule has 0 nitrogen and oxygen atoms in total. The fraction of sp³-hybridized carbons (Fsp3) is 1.00. The maximum atomic E-state index is 2.42. The Balaban J connectivity index is 0.000000253. The SMILES string of the molecule is CC1CCCP1C.CC1CCCP1C.CCCC. The van der Waals surface area contributed by atoms with Gasteiger partial charge in [0.05, 0.1) is 0 Å². The highest BCUT2D eigenvalue weighted by Crippen LogP contribution is 2.46. The number of hydrogen-bond donors (Lipinski definition) is 0. The van der Waals surface area contributed by atoms with Crippen molar-refractivity contribution in [1.29, 1.82) is 0 Å². The molecule has 0 aromatic carbocycles. The molecule has 4 unspecified atom stereocenters. The van der Waals surface area contributed by atoms with Crippen molar-refractivity contribution in [1.82, 2.24) is 0 Å². The second-order valence-corrected chi connectivity index (χ2v) is 11.6. The predicted octanol–water partition coefficient (Wildman–Crippen LogP) is 6.37. The van der Waals surface area contributed by atoms with Crippen molar-refractivity contribution < 1.29 is 0 Å². The molecule has 0 spiro atoms. The van der Waals surface area contributed by atoms with Crippen LogP contribution in [0, 0.1) is 0 Å². The van der Waals surface area contributed by atoms with Crippen molar-refractivity contribution in [2.75, 3.05) is 25.7 Å². The van der Waals surface area contributed by atoms with Crippen LogP contribution in [0.2, 0.25) is 0 Å². The standard InChI is InChI=1S/2C6H13P.C4H10/c2*1-6-4-3-5-7(6)2;1-3-4-2/h2*6H,3-5H2,1-2H3;3-4H2,1-2H3. The van der Waals surface area contributed by atoms with E-state index in [9.17, 15) is 0 Å². The van der Waals surface area contributed by atoms with Crippen LogP contribution in [-0.2, 0) is 0 Å². The molecule has 18 heavy (non-hydrogen) atoms. The summed E-state index contributed by atoms with van der Waals surface area (Å²) in [5.74, 6) is 0. The average Bonchev–Trinajstić information content (AvgIpc) is 2.91. The van der Waals surface area contributed by atoms with Crippen molar-refractivity contribution in [2.45, 2.75) is 77.5 Å². The molecule has 0 aromatic heterocycles. The highest BCUT2D eigenvalue weighted by atomic mass is 31.1. The molecule has 2 aliphatic heterocycles. The highest BCUT2D eigenvalue weighted by Gasteiger charge is 2.17. The number of rotatable bonds is 1. The molecular formula is C16H36P2. The maximum absolute atomic E-state index is 2.42. The Bertz CT molecular complexity index is 146. The maximum Gasteiger partial charge on any atom is -0.0240 e. The quantitative estimate of drug-likeness (QED) is 0.492. The molecule has 0 radical (unpaired) electrons. The van der Waals surface area contributed by atoms with Gasteiger partial charge in [-0.2, -0.15) is 0 Å². The van der Waals surface area contributed by atoms with Crippen LogP contribution < -0.4 is 0 Å². The van der Waals surface area contributed by atoms with Gasteiger partial charge in [0, 0.05) is 0 Å². The Labute approximate surface area is 119 Å². The molecular weight excluding hydrogens is 254 g/mol. The second kappa shape index (κ2) is 11.7. The lowest BCUT2D eigenvalue weighted by atomic mass is 10.3. The van der Waals surface area contributed by atoms with E-state index >= 15 is 0 Å². The first-order valence-corrected chi connectivity index (χ1v) is 12.0. The summed E-state index contributed by atoms with van der Waals surface area (Å²) in [5, 5.41) is 0. The summed E-state index contributed by atoms with van der Waals surface area (Å²) in [6, 6.07) is 0. The van der Waals surface area contributed by atoms with E-state index in [0.29, 0.717) is 15.8 Å². The first-order valence-electron chi connectivity index (χ1n) is 7.93. The highest BCUT2D eigenvalue weighted by molar-refractivity contribution is 7.58. The van der Waals surface area contributed by atoms with Crippen LogP contribution >= 0.6 is 15.8 Å². The Hall–Kier alpha value is 0.860. The third-order valence-electron chi connectivity index (χ3n) is 4.27. The Morgan fingerprint density at radius 3 is 1.17 bits per heavy atom. The van der Waals surface area contributed by atoms with Gasteiger partial charge in [0.2, 0.25) is 0 Å². The predicted molar refractivity (Wildman–Crippen MR) is 93.4 cm³/mol. The molecule has 2 aliphatic rings. The zero-order valence-corrected chi connectivity index (χ0v) is 15.5. The van der Waals surface area contributed by atoms with Crippen LogP contribution in [0.25, 0.3) is 0 Å². The minimum Gasteiger partial charge on any atom is -0.107 e. The summed E-state index contributed by atoms with van der Waals surface area (Å²) in [6.45, 7) is 14.0. The molecule has 4 atom stereocenters. The molecule has 0 amide bonds. The van der Waals surface area contributed by atoms with Gasteiger partial charge in [-0.3, -0.25) is 0 Å². The Morgan fingerprint density at radius 1 is 0.778 bits per heavy atom. The summed E-state index contributed by atoms with van der Waals surface area (Å²) in [6.07, 6.45) is 11.7. The van der Waals surface area contributed by atoms with Crippen LogP contribution in [0.4, 0.5) is 0 Å². The minimum atomic E-state index is 0.474. The molecule has 0 aliphatic carbocycles. The van der Waals surface area contributed by atoms with Gasteiger partial charge in [0.1, 0.15) is 0 Å². The molecule has 2 heteroatoms. The lowest BCUT2D eigenvalue weighted by Gasteiger charge is -2.06. The Morgan fingerprint density at radius 2 is 1.11 bits per heavy atom. The first-order chi connectivity index (χ1) is 8.52. The van der Waals surface area contributed by atoms with Gasteiger partial charge >= 0.3 is 0 Å². The minimum absolute atomic E-state index is 0.474. The molecule has 2 rings (SSSR count). The van der Waals surface area contributed by atoms with Crippen molar-refractivity contribution in [3.05, 3.63) is 0 Å². The summed E-state index contributed by atoms with van der Waals surface area (Å²) in [5.41, 5.74) is 2.16. The van der Waals surface area contributed by atoms with Crippen molar-refractivity contribution in [3.8, 4) is 0 Å². The lowest BCUT2D eigenvalue weighted by molar-refractivity contribution is 0.836. The average molecular weight is 290 g/mol. The monoisotopic (exact) mass is 290 g/mol. The molecule has 2 fully saturated rings. The third-order valence-corrected chi connectivity index (χ3v) is 9.84. The van der Waals surface area contributed by atoms with E-state index in [1.54, 1.807) is 0 Å². The number of unbranched alkanes of at least 4 members (excludes halogenated alkanes) is 1. The smallest absolute Gasteiger partial charge is 0.0240 e. The van der Waals surface area contributed by atoms with Gasteiger partial charge < -0.3 is 0 Å². The summed E-state index contributed by atoms with van der Waals surface area (Å²) in [7, 11) is 0.948. The fourth-order valence-corrected chi connectivity index (χ4v) is 5.64. The van der Waals surface area contributed by atoms with Crippen LogP contribution in [0.15, 0.2) is 0 Å². The third kappa shape index (κ3) is 8.87. The van der Waals surface area contributed by atoms with Crippen LogP contribution in [0.1, 0.15) is 66.2 Å². The van der Waals surface area contributed by atoms with E-state index in [2.05, 4.69) is 41.0 Å². The zero-order valence-electron chi connectivity index (χ0n) is 13.7. The molecule has 110 valence electrons. The van der Waals surface area contributed by atoms with Gasteiger partial charge in [-0.1, -0.05) is 40.5 Å². The van der Waals surface area contributed by atoms with Crippen LogP contribution in [0.3, 0.4) is 0 Å². The summed E-state index contributed by atoms with van der Waals surface area (Å²) >= 11 is 0. The summed E-state index contributed by atoms with van der Waals surface area (Å²) < 4.78 is 0. The van der Waals surface area contributed by atoms with Gasteiger partial charge in [-0.15, -0.1) is 15.8 Å². The van der Waals surface area contributed by atoms with Gasteiger partial charge in [-0.05, 0) is 62.7 Å². The molecule has 2 heterocycles. The molecule has 0 N–H and O–H groups in total. The molecule has 0 aromatic rings. The molecule has 0 bridgehead atoms. The lowest BCUT2D eigenvalue weighted by Crippen LogP contribution is -1.87. The van der Waals surface area contributed by atoms with E-state index in [4.69, 9.17) is 0 Å². The van der Waals surface area contributed by atoms with Crippen LogP contribution in [0.5, 0.6) is 0 Å². The first kappa shape index (κ1) is 18.9. The van der Waals surface area contributed by atoms with Crippen molar-refractivity contribution in [3.63, 3.8) is 0 Å². The van der Waals surface area contributed by atoms with E-state index in [0.717, 1.165) is 11.3 Å². The van der Waals surface area contributed by atoms with E-state index < -0.39 is 0 Å². The van der Waals surface area contributed by atoms with Gasteiger partial charge in [-0.25, -0.2) is 0 Å². The topological polar surface area (TPSA) is 0 Å².